The van der Waals surface area contributed by atoms with Crippen LogP contribution in [0.15, 0.2) is 18.2 Å². The highest BCUT2D eigenvalue weighted by Crippen LogP contribution is 2.36. The quantitative estimate of drug-likeness (QED) is 0.684. The van der Waals surface area contributed by atoms with Crippen molar-refractivity contribution in [2.45, 2.75) is 25.4 Å². The van der Waals surface area contributed by atoms with Gasteiger partial charge in [0.15, 0.2) is 0 Å². The number of nitrogens with two attached hydrogens (primary N) is 1. The summed E-state index contributed by atoms with van der Waals surface area (Å²) in [6, 6.07) is 3.17. The molecule has 0 aromatic heterocycles. The molecule has 0 aliphatic carbocycles. The summed E-state index contributed by atoms with van der Waals surface area (Å²) >= 11 is 4.68. The SMILES string of the molecule is Cc1cc(OC(C(F)(F)F)C(F)(F)F)ccc1C(N)=S. The van der Waals surface area contributed by atoms with Crippen molar-refractivity contribution in [2.24, 2.45) is 5.73 Å². The topological polar surface area (TPSA) is 35.2 Å². The molecular formula is C11H9F6NOS. The van der Waals surface area contributed by atoms with Crippen LogP contribution in [0.5, 0.6) is 5.75 Å². The molecule has 2 nitrogen and oxygen atoms in total. The van der Waals surface area contributed by atoms with Gasteiger partial charge in [0.2, 0.25) is 0 Å². The maximum atomic E-state index is 12.3. The molecule has 112 valence electrons. The lowest BCUT2D eigenvalue weighted by atomic mass is 10.1. The largest absolute Gasteiger partial charge is 0.471 e. The van der Waals surface area contributed by atoms with E-state index in [1.807, 2.05) is 0 Å². The van der Waals surface area contributed by atoms with E-state index in [-0.39, 0.29) is 4.99 Å². The van der Waals surface area contributed by atoms with Gasteiger partial charge in [-0.05, 0) is 30.7 Å². The van der Waals surface area contributed by atoms with Crippen molar-refractivity contribution in [3.63, 3.8) is 0 Å². The van der Waals surface area contributed by atoms with Crippen LogP contribution in [0.2, 0.25) is 0 Å². The van der Waals surface area contributed by atoms with E-state index < -0.39 is 24.2 Å². The third-order valence-corrected chi connectivity index (χ3v) is 2.53. The molecule has 0 heterocycles. The van der Waals surface area contributed by atoms with Gasteiger partial charge >= 0.3 is 12.4 Å². The molecule has 0 amide bonds. The van der Waals surface area contributed by atoms with Crippen molar-refractivity contribution in [1.29, 1.82) is 0 Å². The van der Waals surface area contributed by atoms with E-state index in [1.54, 1.807) is 0 Å². The lowest BCUT2D eigenvalue weighted by Crippen LogP contribution is -2.46. The van der Waals surface area contributed by atoms with Crippen LogP contribution in [0.25, 0.3) is 0 Å². The van der Waals surface area contributed by atoms with Crippen molar-refractivity contribution >= 4 is 17.2 Å². The molecule has 9 heteroatoms. The van der Waals surface area contributed by atoms with Crippen molar-refractivity contribution < 1.29 is 31.1 Å². The second-order valence-corrected chi connectivity index (χ2v) is 4.36. The molecule has 0 aliphatic heterocycles. The van der Waals surface area contributed by atoms with E-state index in [4.69, 9.17) is 5.73 Å². The standard InChI is InChI=1S/C11H9F6NOS/c1-5-4-6(2-3-7(5)8(18)20)19-9(10(12,13)14)11(15,16)17/h2-4,9H,1H3,(H2,18,20). The highest BCUT2D eigenvalue weighted by atomic mass is 32.1. The lowest BCUT2D eigenvalue weighted by molar-refractivity contribution is -0.299. The second kappa shape index (κ2) is 5.47. The number of thiocarbonyl (C=S) groups is 1. The number of rotatable bonds is 3. The monoisotopic (exact) mass is 317 g/mol. The van der Waals surface area contributed by atoms with Crippen molar-refractivity contribution in [3.8, 4) is 5.75 Å². The maximum absolute atomic E-state index is 12.3. The summed E-state index contributed by atoms with van der Waals surface area (Å²) in [4.78, 5) is -0.0164. The van der Waals surface area contributed by atoms with Gasteiger partial charge in [-0.1, -0.05) is 12.2 Å². The average Bonchev–Trinajstić information content (AvgIpc) is 2.22. The minimum atomic E-state index is -5.56. The third-order valence-electron chi connectivity index (χ3n) is 2.31. The van der Waals surface area contributed by atoms with Gasteiger partial charge in [-0.3, -0.25) is 0 Å². The zero-order chi connectivity index (χ0) is 15.7. The Labute approximate surface area is 115 Å². The second-order valence-electron chi connectivity index (χ2n) is 3.92. The average molecular weight is 317 g/mol. The van der Waals surface area contributed by atoms with E-state index in [9.17, 15) is 26.3 Å². The molecule has 1 aromatic carbocycles. The Morgan fingerprint density at radius 2 is 1.65 bits per heavy atom. The van der Waals surface area contributed by atoms with Crippen molar-refractivity contribution in [3.05, 3.63) is 29.3 Å². The molecule has 0 unspecified atom stereocenters. The normalized spacial score (nSPS) is 12.6. The van der Waals surface area contributed by atoms with E-state index >= 15 is 0 Å². The molecule has 0 atom stereocenters. The van der Waals surface area contributed by atoms with Crippen LogP contribution in [-0.2, 0) is 0 Å². The minimum Gasteiger partial charge on any atom is -0.471 e. The number of alkyl halides is 6. The summed E-state index contributed by atoms with van der Waals surface area (Å²) in [5.41, 5.74) is 6.00. The number of benzene rings is 1. The van der Waals surface area contributed by atoms with Crippen molar-refractivity contribution in [1.82, 2.24) is 0 Å². The Morgan fingerprint density at radius 1 is 1.15 bits per heavy atom. The molecule has 0 bridgehead atoms. The van der Waals surface area contributed by atoms with E-state index in [0.717, 1.165) is 12.1 Å². The van der Waals surface area contributed by atoms with Crippen LogP contribution in [0, 0.1) is 6.92 Å². The Morgan fingerprint density at radius 3 is 2.00 bits per heavy atom. The van der Waals surface area contributed by atoms with Crippen LogP contribution in [-0.4, -0.2) is 23.4 Å². The zero-order valence-corrected chi connectivity index (χ0v) is 10.8. The molecular weight excluding hydrogens is 308 g/mol. The van der Waals surface area contributed by atoms with Crippen LogP contribution < -0.4 is 10.5 Å². The number of aryl methyl sites for hydroxylation is 1. The van der Waals surface area contributed by atoms with Gasteiger partial charge in [0, 0.05) is 5.56 Å². The first-order valence-corrected chi connectivity index (χ1v) is 5.54. The van der Waals surface area contributed by atoms with Crippen molar-refractivity contribution in [2.75, 3.05) is 0 Å². The Balaban J connectivity index is 3.08. The lowest BCUT2D eigenvalue weighted by Gasteiger charge is -2.24. The van der Waals surface area contributed by atoms with Crippen LogP contribution in [0.4, 0.5) is 26.3 Å². The fourth-order valence-electron chi connectivity index (χ4n) is 1.44. The Kier molecular flexibility index (Phi) is 4.52. The van der Waals surface area contributed by atoms with Gasteiger partial charge in [-0.2, -0.15) is 26.3 Å². The highest BCUT2D eigenvalue weighted by molar-refractivity contribution is 7.80. The van der Waals surface area contributed by atoms with E-state index in [2.05, 4.69) is 17.0 Å². The maximum Gasteiger partial charge on any atom is 0.434 e. The van der Waals surface area contributed by atoms with Gasteiger partial charge in [-0.15, -0.1) is 0 Å². The summed E-state index contributed by atoms with van der Waals surface area (Å²) in [6.07, 6.45) is -15.0. The van der Waals surface area contributed by atoms with Crippen LogP contribution in [0.3, 0.4) is 0 Å². The third kappa shape index (κ3) is 3.99. The van der Waals surface area contributed by atoms with E-state index in [0.29, 0.717) is 11.1 Å². The molecule has 1 rings (SSSR count). The summed E-state index contributed by atoms with van der Waals surface area (Å²) in [7, 11) is 0. The number of hydrogen-bond acceptors (Lipinski definition) is 2. The smallest absolute Gasteiger partial charge is 0.434 e. The molecule has 0 saturated carbocycles. The minimum absolute atomic E-state index is 0.0164. The fraction of sp³-hybridized carbons (Fsp3) is 0.364. The molecule has 0 aliphatic rings. The summed E-state index contributed by atoms with van der Waals surface area (Å²) in [6.45, 7) is 1.44. The van der Waals surface area contributed by atoms with Gasteiger partial charge < -0.3 is 10.5 Å². The van der Waals surface area contributed by atoms with E-state index in [1.165, 1.54) is 13.0 Å². The number of halogens is 6. The first-order chi connectivity index (χ1) is 8.93. The Hall–Kier alpha value is -1.51. The van der Waals surface area contributed by atoms with Crippen LogP contribution >= 0.6 is 12.2 Å². The number of ether oxygens (including phenoxy) is 1. The first-order valence-electron chi connectivity index (χ1n) is 5.13. The zero-order valence-electron chi connectivity index (χ0n) is 9.97. The van der Waals surface area contributed by atoms with Crippen LogP contribution in [0.1, 0.15) is 11.1 Å². The summed E-state index contributed by atoms with van der Waals surface area (Å²) in [5.74, 6) is -0.567. The summed E-state index contributed by atoms with van der Waals surface area (Å²) < 4.78 is 78.0. The van der Waals surface area contributed by atoms with Gasteiger partial charge in [0.25, 0.3) is 6.10 Å². The Bertz CT molecular complexity index is 497. The molecule has 0 saturated heterocycles. The highest BCUT2D eigenvalue weighted by Gasteiger charge is 2.59. The molecule has 2 N–H and O–H groups in total. The predicted octanol–water partition coefficient (Wildman–Crippen LogP) is 3.50. The fourth-order valence-corrected chi connectivity index (χ4v) is 1.67. The summed E-state index contributed by atoms with van der Waals surface area (Å²) in [5, 5.41) is 0. The van der Waals surface area contributed by atoms with Gasteiger partial charge in [0.1, 0.15) is 10.7 Å². The predicted molar refractivity (Wildman–Crippen MR) is 63.6 cm³/mol. The molecule has 20 heavy (non-hydrogen) atoms. The molecule has 0 radical (unpaired) electrons. The molecule has 0 fully saturated rings. The molecule has 1 aromatic rings. The van der Waals surface area contributed by atoms with Gasteiger partial charge in [-0.25, -0.2) is 0 Å². The first kappa shape index (κ1) is 16.5. The molecule has 0 spiro atoms. The van der Waals surface area contributed by atoms with Gasteiger partial charge in [0.05, 0.1) is 0 Å². The number of hydrogen-bond donors (Lipinski definition) is 1.